The number of nitrogens with zero attached hydrogens (tertiary/aromatic N) is 4. The highest BCUT2D eigenvalue weighted by Crippen LogP contribution is 2.18. The number of phenolic OH excluding ortho intramolecular Hbond substituents is 1. The highest BCUT2D eigenvalue weighted by atomic mass is 19.1. The lowest BCUT2D eigenvalue weighted by Crippen LogP contribution is -2.37. The molecule has 0 amide bonds. The number of aromatic nitrogens is 2. The van der Waals surface area contributed by atoms with Crippen molar-refractivity contribution < 1.29 is 14.2 Å². The molecule has 2 aromatic rings. The second-order valence-corrected chi connectivity index (χ2v) is 5.15. The fraction of sp³-hybridized carbons (Fsp3) is 0.267. The second kappa shape index (κ2) is 7.26. The first-order valence-corrected chi connectivity index (χ1v) is 7.36. The average molecular weight is 327 g/mol. The summed E-state index contributed by atoms with van der Waals surface area (Å²) in [5.41, 5.74) is 3.56. The topological polar surface area (TPSA) is 82.9 Å². The van der Waals surface area contributed by atoms with Crippen LogP contribution in [0.15, 0.2) is 29.5 Å². The van der Waals surface area contributed by atoms with E-state index in [1.807, 2.05) is 0 Å². The van der Waals surface area contributed by atoms with Gasteiger partial charge in [-0.1, -0.05) is 17.6 Å². The normalized spacial score (nSPS) is 15.0. The van der Waals surface area contributed by atoms with Crippen molar-refractivity contribution in [2.45, 2.75) is 0 Å². The summed E-state index contributed by atoms with van der Waals surface area (Å²) in [5.74, 6) is -0.0981. The maximum atomic E-state index is 13.9. The number of anilines is 2. The molecule has 24 heavy (non-hydrogen) atoms. The first-order valence-electron chi connectivity index (χ1n) is 7.36. The molecule has 122 valence electrons. The zero-order valence-corrected chi connectivity index (χ0v) is 12.8. The van der Waals surface area contributed by atoms with Gasteiger partial charge in [-0.3, -0.25) is 0 Å². The van der Waals surface area contributed by atoms with Crippen LogP contribution in [0.3, 0.4) is 0 Å². The van der Waals surface area contributed by atoms with E-state index >= 15 is 0 Å². The molecule has 1 aliphatic heterocycles. The van der Waals surface area contributed by atoms with Crippen LogP contribution in [-0.2, 0) is 4.74 Å². The zero-order chi connectivity index (χ0) is 16.9. The Hall–Kier alpha value is -2.68. The molecule has 0 atom stereocenters. The van der Waals surface area contributed by atoms with Crippen molar-refractivity contribution in [2.75, 3.05) is 36.6 Å². The molecular formula is C15H15BFN5O2. The Balaban J connectivity index is 1.73. The number of hydrazone groups is 1. The molecule has 2 N–H and O–H groups in total. The SMILES string of the molecule is [B]c1ccc(O)c(/C=N/Nc2ncc(F)c(N3CCOCC3)n2)c1. The molecule has 2 heterocycles. The van der Waals surface area contributed by atoms with Crippen molar-refractivity contribution in [1.29, 1.82) is 0 Å². The van der Waals surface area contributed by atoms with E-state index in [-0.39, 0.29) is 17.5 Å². The average Bonchev–Trinajstić information content (AvgIpc) is 2.60. The van der Waals surface area contributed by atoms with Crippen LogP contribution >= 0.6 is 0 Å². The fourth-order valence-electron chi connectivity index (χ4n) is 2.24. The number of nitrogens with one attached hydrogen (secondary N) is 1. The van der Waals surface area contributed by atoms with Gasteiger partial charge in [0.05, 0.1) is 25.6 Å². The van der Waals surface area contributed by atoms with Gasteiger partial charge in [-0.25, -0.2) is 14.8 Å². The Morgan fingerprint density at radius 3 is 2.96 bits per heavy atom. The van der Waals surface area contributed by atoms with Crippen LogP contribution in [0.5, 0.6) is 5.75 Å². The summed E-state index contributed by atoms with van der Waals surface area (Å²) in [6.07, 6.45) is 2.47. The summed E-state index contributed by atoms with van der Waals surface area (Å²) < 4.78 is 19.2. The maximum absolute atomic E-state index is 13.9. The van der Waals surface area contributed by atoms with Crippen LogP contribution in [-0.4, -0.2) is 55.4 Å². The molecule has 1 saturated heterocycles. The summed E-state index contributed by atoms with van der Waals surface area (Å²) in [6.45, 7) is 2.18. The molecule has 0 spiro atoms. The number of benzene rings is 1. The van der Waals surface area contributed by atoms with Crippen molar-refractivity contribution in [3.8, 4) is 5.75 Å². The van der Waals surface area contributed by atoms with Crippen LogP contribution in [0.2, 0.25) is 0 Å². The number of hydrogen-bond acceptors (Lipinski definition) is 7. The Labute approximate surface area is 139 Å². The lowest BCUT2D eigenvalue weighted by atomic mass is 9.94. The summed E-state index contributed by atoms with van der Waals surface area (Å²) in [6, 6.07) is 4.63. The van der Waals surface area contributed by atoms with Gasteiger partial charge in [0.25, 0.3) is 0 Å². The number of hydrogen-bond donors (Lipinski definition) is 2. The predicted octanol–water partition coefficient (Wildman–Crippen LogP) is 0.398. The molecule has 2 radical (unpaired) electrons. The Morgan fingerprint density at radius 1 is 1.38 bits per heavy atom. The summed E-state index contributed by atoms with van der Waals surface area (Å²) in [7, 11) is 5.65. The third-order valence-corrected chi connectivity index (χ3v) is 3.46. The Bertz CT molecular complexity index is 753. The van der Waals surface area contributed by atoms with Gasteiger partial charge in [0, 0.05) is 18.7 Å². The smallest absolute Gasteiger partial charge is 0.245 e. The molecular weight excluding hydrogens is 312 g/mol. The minimum absolute atomic E-state index is 0.0452. The number of morpholine rings is 1. The second-order valence-electron chi connectivity index (χ2n) is 5.15. The van der Waals surface area contributed by atoms with E-state index in [1.165, 1.54) is 12.3 Å². The lowest BCUT2D eigenvalue weighted by Gasteiger charge is -2.27. The highest BCUT2D eigenvalue weighted by molar-refractivity contribution is 6.32. The summed E-state index contributed by atoms with van der Waals surface area (Å²) in [4.78, 5) is 9.78. The van der Waals surface area contributed by atoms with Gasteiger partial charge in [-0.2, -0.15) is 10.1 Å². The fourth-order valence-corrected chi connectivity index (χ4v) is 2.24. The van der Waals surface area contributed by atoms with E-state index in [2.05, 4.69) is 20.5 Å². The molecule has 0 aliphatic carbocycles. The standard InChI is InChI=1S/C15H15BFN5O2/c16-11-1-2-13(23)10(7-11)8-19-21-15-18-9-12(17)14(20-15)22-3-5-24-6-4-22/h1-2,7-9,23H,3-6H2,(H,18,20,21)/b19-8+. The zero-order valence-electron chi connectivity index (χ0n) is 12.8. The van der Waals surface area contributed by atoms with Gasteiger partial charge in [-0.15, -0.1) is 0 Å². The summed E-state index contributed by atoms with van der Waals surface area (Å²) >= 11 is 0. The van der Waals surface area contributed by atoms with Crippen molar-refractivity contribution in [3.63, 3.8) is 0 Å². The molecule has 1 aromatic heterocycles. The van der Waals surface area contributed by atoms with E-state index in [4.69, 9.17) is 12.6 Å². The van der Waals surface area contributed by atoms with Crippen LogP contribution in [0.4, 0.5) is 16.2 Å². The van der Waals surface area contributed by atoms with E-state index in [9.17, 15) is 9.50 Å². The van der Waals surface area contributed by atoms with Crippen molar-refractivity contribution in [3.05, 3.63) is 35.8 Å². The monoisotopic (exact) mass is 327 g/mol. The lowest BCUT2D eigenvalue weighted by molar-refractivity contribution is 0.122. The number of phenols is 1. The maximum Gasteiger partial charge on any atom is 0.245 e. The van der Waals surface area contributed by atoms with E-state index < -0.39 is 5.82 Å². The molecule has 1 aliphatic rings. The van der Waals surface area contributed by atoms with Gasteiger partial charge in [-0.05, 0) is 6.07 Å². The minimum Gasteiger partial charge on any atom is -0.507 e. The van der Waals surface area contributed by atoms with E-state index in [1.54, 1.807) is 17.0 Å². The van der Waals surface area contributed by atoms with Crippen LogP contribution in [0.1, 0.15) is 5.56 Å². The molecule has 1 fully saturated rings. The molecule has 1 aromatic carbocycles. The molecule has 7 nitrogen and oxygen atoms in total. The number of halogens is 1. The van der Waals surface area contributed by atoms with Crippen LogP contribution in [0, 0.1) is 5.82 Å². The molecule has 3 rings (SSSR count). The van der Waals surface area contributed by atoms with Gasteiger partial charge >= 0.3 is 0 Å². The van der Waals surface area contributed by atoms with Gasteiger partial charge in [0.15, 0.2) is 11.6 Å². The van der Waals surface area contributed by atoms with Gasteiger partial charge in [0.2, 0.25) is 5.95 Å². The van der Waals surface area contributed by atoms with Crippen LogP contribution in [0.25, 0.3) is 0 Å². The quantitative estimate of drug-likeness (QED) is 0.480. The van der Waals surface area contributed by atoms with Crippen LogP contribution < -0.4 is 15.8 Å². The van der Waals surface area contributed by atoms with E-state index in [0.717, 1.165) is 6.20 Å². The molecule has 0 bridgehead atoms. The predicted molar refractivity (Wildman–Crippen MR) is 89.7 cm³/mol. The highest BCUT2D eigenvalue weighted by Gasteiger charge is 2.17. The molecule has 0 unspecified atom stereocenters. The third-order valence-electron chi connectivity index (χ3n) is 3.46. The number of ether oxygens (including phenoxy) is 1. The number of aromatic hydroxyl groups is 1. The first-order chi connectivity index (χ1) is 11.6. The minimum atomic E-state index is -0.500. The summed E-state index contributed by atoms with van der Waals surface area (Å²) in [5, 5.41) is 13.7. The molecule has 9 heteroatoms. The van der Waals surface area contributed by atoms with Gasteiger partial charge in [0.1, 0.15) is 13.6 Å². The van der Waals surface area contributed by atoms with E-state index in [0.29, 0.717) is 37.3 Å². The number of rotatable bonds is 4. The third kappa shape index (κ3) is 3.80. The van der Waals surface area contributed by atoms with Crippen molar-refractivity contribution >= 4 is 31.3 Å². The Morgan fingerprint density at radius 2 is 2.17 bits per heavy atom. The first kappa shape index (κ1) is 16.2. The Kier molecular flexibility index (Phi) is 4.90. The van der Waals surface area contributed by atoms with Crippen molar-refractivity contribution in [1.82, 2.24) is 9.97 Å². The van der Waals surface area contributed by atoms with Crippen molar-refractivity contribution in [2.24, 2.45) is 5.10 Å². The largest absolute Gasteiger partial charge is 0.507 e. The van der Waals surface area contributed by atoms with Gasteiger partial charge < -0.3 is 14.7 Å². The molecule has 0 saturated carbocycles.